The van der Waals surface area contributed by atoms with Crippen LogP contribution in [0.25, 0.3) is 16.7 Å². The Bertz CT molecular complexity index is 1320. The maximum absolute atomic E-state index is 13.7. The zero-order chi connectivity index (χ0) is 23.7. The summed E-state index contributed by atoms with van der Waals surface area (Å²) in [5.41, 5.74) is 1.03. The zero-order valence-electron chi connectivity index (χ0n) is 19.6. The monoisotopic (exact) mass is 450 g/mol. The van der Waals surface area contributed by atoms with Gasteiger partial charge in [-0.25, -0.2) is 18.9 Å². The first-order valence-corrected chi connectivity index (χ1v) is 11.4. The third-order valence-corrected chi connectivity index (χ3v) is 6.46. The Balaban J connectivity index is 1.96. The number of hydrogen-bond acceptors (Lipinski definition) is 5. The van der Waals surface area contributed by atoms with E-state index >= 15 is 0 Å². The topological polar surface area (TPSA) is 86.4 Å². The first-order valence-electron chi connectivity index (χ1n) is 11.4. The number of piperidine rings is 1. The molecule has 0 aliphatic carbocycles. The van der Waals surface area contributed by atoms with E-state index in [2.05, 4.69) is 11.9 Å². The number of carbonyl (C=O) groups is 1. The van der Waals surface area contributed by atoms with Gasteiger partial charge in [-0.1, -0.05) is 19.1 Å². The fourth-order valence-corrected chi connectivity index (χ4v) is 4.83. The molecule has 1 aromatic carbocycles. The average molecular weight is 451 g/mol. The Hall–Kier alpha value is -3.42. The van der Waals surface area contributed by atoms with Crippen molar-refractivity contribution in [1.82, 2.24) is 19.0 Å². The van der Waals surface area contributed by atoms with Gasteiger partial charge in [0.25, 0.3) is 5.56 Å². The molecular weight excluding hydrogens is 420 g/mol. The minimum absolute atomic E-state index is 0.143. The number of benzene rings is 1. The Morgan fingerprint density at radius 2 is 1.94 bits per heavy atom. The Labute approximate surface area is 192 Å². The van der Waals surface area contributed by atoms with Crippen LogP contribution in [0.2, 0.25) is 0 Å². The maximum atomic E-state index is 13.7. The van der Waals surface area contributed by atoms with E-state index in [9.17, 15) is 14.4 Å². The molecule has 1 saturated heterocycles. The van der Waals surface area contributed by atoms with E-state index in [1.54, 1.807) is 24.3 Å². The molecule has 2 aromatic heterocycles. The largest absolute Gasteiger partial charge is 0.495 e. The molecule has 0 unspecified atom stereocenters. The molecule has 8 heteroatoms. The highest BCUT2D eigenvalue weighted by Crippen LogP contribution is 2.24. The van der Waals surface area contributed by atoms with E-state index in [1.807, 2.05) is 24.8 Å². The molecule has 0 bridgehead atoms. The number of methoxy groups -OCH3 is 1. The third kappa shape index (κ3) is 4.05. The van der Waals surface area contributed by atoms with Gasteiger partial charge in [0.1, 0.15) is 12.3 Å². The normalized spacial score (nSPS) is 16.2. The Morgan fingerprint density at radius 3 is 2.67 bits per heavy atom. The van der Waals surface area contributed by atoms with Crippen LogP contribution in [0.1, 0.15) is 43.9 Å². The highest BCUT2D eigenvalue weighted by molar-refractivity contribution is 5.81. The molecule has 1 atom stereocenters. The van der Waals surface area contributed by atoms with Crippen molar-refractivity contribution in [3.8, 4) is 11.4 Å². The lowest BCUT2D eigenvalue weighted by molar-refractivity contribution is -0.135. The van der Waals surface area contributed by atoms with Crippen molar-refractivity contribution >= 4 is 16.9 Å². The standard InChI is InChI=1S/C25H30N4O4/c1-5-18-10-8-9-13-27(18)21(30)15-28-24(31)22-16(2)14-17(3)26-23(22)29(25(28)32)19-11-6-7-12-20(19)33-4/h6-7,11-12,14,18H,5,8-10,13,15H2,1-4H3/t18-/m1/s1. The molecule has 3 aromatic rings. The maximum Gasteiger partial charge on any atom is 0.337 e. The minimum atomic E-state index is -0.604. The van der Waals surface area contributed by atoms with Crippen LogP contribution in [0.4, 0.5) is 0 Å². The molecule has 0 spiro atoms. The first kappa shape index (κ1) is 22.8. The van der Waals surface area contributed by atoms with Gasteiger partial charge in [0.05, 0.1) is 18.2 Å². The predicted octanol–water partition coefficient (Wildman–Crippen LogP) is 2.96. The number of nitrogens with zero attached hydrogens (tertiary/aromatic N) is 4. The highest BCUT2D eigenvalue weighted by atomic mass is 16.5. The number of rotatable bonds is 5. The minimum Gasteiger partial charge on any atom is -0.495 e. The molecule has 1 fully saturated rings. The summed E-state index contributed by atoms with van der Waals surface area (Å²) in [7, 11) is 1.52. The van der Waals surface area contributed by atoms with Crippen LogP contribution in [0, 0.1) is 13.8 Å². The molecule has 0 N–H and O–H groups in total. The third-order valence-electron chi connectivity index (χ3n) is 6.46. The lowest BCUT2D eigenvalue weighted by Crippen LogP contribution is -2.49. The predicted molar refractivity (Wildman–Crippen MR) is 127 cm³/mol. The van der Waals surface area contributed by atoms with Crippen LogP contribution in [-0.2, 0) is 11.3 Å². The van der Waals surface area contributed by atoms with E-state index in [0.717, 1.165) is 30.3 Å². The number of para-hydroxylation sites is 2. The molecule has 0 saturated carbocycles. The van der Waals surface area contributed by atoms with E-state index in [1.165, 1.54) is 11.7 Å². The van der Waals surface area contributed by atoms with Crippen LogP contribution in [0.3, 0.4) is 0 Å². The molecule has 1 aliphatic rings. The summed E-state index contributed by atoms with van der Waals surface area (Å²) in [4.78, 5) is 46.9. The van der Waals surface area contributed by atoms with Crippen molar-refractivity contribution in [3.05, 3.63) is 62.4 Å². The van der Waals surface area contributed by atoms with Gasteiger partial charge < -0.3 is 9.64 Å². The van der Waals surface area contributed by atoms with Crippen molar-refractivity contribution in [2.75, 3.05) is 13.7 Å². The summed E-state index contributed by atoms with van der Waals surface area (Å²) in [6, 6.07) is 9.04. The lowest BCUT2D eigenvalue weighted by atomic mass is 10.00. The van der Waals surface area contributed by atoms with Gasteiger partial charge in [-0.3, -0.25) is 9.59 Å². The smallest absolute Gasteiger partial charge is 0.337 e. The van der Waals surface area contributed by atoms with E-state index in [0.29, 0.717) is 34.6 Å². The Kier molecular flexibility index (Phi) is 6.35. The lowest BCUT2D eigenvalue weighted by Gasteiger charge is -2.35. The first-order chi connectivity index (χ1) is 15.9. The van der Waals surface area contributed by atoms with E-state index < -0.39 is 11.2 Å². The molecular formula is C25H30N4O4. The van der Waals surface area contributed by atoms with E-state index in [-0.39, 0.29) is 24.1 Å². The van der Waals surface area contributed by atoms with Crippen LogP contribution < -0.4 is 16.0 Å². The van der Waals surface area contributed by atoms with Gasteiger partial charge in [-0.2, -0.15) is 0 Å². The fraction of sp³-hybridized carbons (Fsp3) is 0.440. The van der Waals surface area contributed by atoms with Crippen LogP contribution >= 0.6 is 0 Å². The highest BCUT2D eigenvalue weighted by Gasteiger charge is 2.27. The van der Waals surface area contributed by atoms with Crippen molar-refractivity contribution < 1.29 is 9.53 Å². The molecule has 33 heavy (non-hydrogen) atoms. The quantitative estimate of drug-likeness (QED) is 0.597. The summed E-state index contributed by atoms with van der Waals surface area (Å²) in [5.74, 6) is 0.268. The average Bonchev–Trinajstić information content (AvgIpc) is 2.81. The van der Waals surface area contributed by atoms with Crippen molar-refractivity contribution in [1.29, 1.82) is 0 Å². The number of ether oxygens (including phenoxy) is 1. The molecule has 174 valence electrons. The van der Waals surface area contributed by atoms with Crippen molar-refractivity contribution in [2.24, 2.45) is 0 Å². The van der Waals surface area contributed by atoms with Gasteiger partial charge in [0, 0.05) is 18.3 Å². The number of pyridine rings is 1. The summed E-state index contributed by atoms with van der Waals surface area (Å²) in [5, 5.41) is 0.324. The van der Waals surface area contributed by atoms with Gasteiger partial charge >= 0.3 is 5.69 Å². The number of amides is 1. The van der Waals surface area contributed by atoms with Crippen LogP contribution in [-0.4, -0.2) is 44.6 Å². The second kappa shape index (κ2) is 9.21. The number of carbonyl (C=O) groups excluding carboxylic acids is 1. The van der Waals surface area contributed by atoms with Gasteiger partial charge in [-0.15, -0.1) is 0 Å². The SMILES string of the molecule is CC[C@@H]1CCCCN1C(=O)Cn1c(=O)c2c(C)cc(C)nc2n(-c2ccccc2OC)c1=O. The van der Waals surface area contributed by atoms with Crippen molar-refractivity contribution in [2.45, 2.75) is 59.0 Å². The van der Waals surface area contributed by atoms with Crippen LogP contribution in [0.15, 0.2) is 39.9 Å². The molecule has 4 rings (SSSR count). The summed E-state index contributed by atoms with van der Waals surface area (Å²) in [6.45, 7) is 6.05. The van der Waals surface area contributed by atoms with Gasteiger partial charge in [0.15, 0.2) is 5.65 Å². The Morgan fingerprint density at radius 1 is 1.18 bits per heavy atom. The van der Waals surface area contributed by atoms with Gasteiger partial charge in [0.2, 0.25) is 5.91 Å². The van der Waals surface area contributed by atoms with Crippen molar-refractivity contribution in [3.63, 3.8) is 0 Å². The zero-order valence-corrected chi connectivity index (χ0v) is 19.6. The van der Waals surface area contributed by atoms with Crippen LogP contribution in [0.5, 0.6) is 5.75 Å². The number of fused-ring (bicyclic) bond motifs is 1. The number of likely N-dealkylation sites (tertiary alicyclic amines) is 1. The summed E-state index contributed by atoms with van der Waals surface area (Å²) in [6.07, 6.45) is 3.82. The number of hydrogen-bond donors (Lipinski definition) is 0. The summed E-state index contributed by atoms with van der Waals surface area (Å²) >= 11 is 0. The number of aromatic nitrogens is 3. The second-order valence-electron chi connectivity index (χ2n) is 8.61. The molecule has 1 amide bonds. The molecule has 0 radical (unpaired) electrons. The molecule has 1 aliphatic heterocycles. The van der Waals surface area contributed by atoms with E-state index in [4.69, 9.17) is 4.74 Å². The number of aryl methyl sites for hydroxylation is 2. The molecule has 8 nitrogen and oxygen atoms in total. The molecule has 3 heterocycles. The summed E-state index contributed by atoms with van der Waals surface area (Å²) < 4.78 is 7.92. The second-order valence-corrected chi connectivity index (χ2v) is 8.61. The van der Waals surface area contributed by atoms with Gasteiger partial charge in [-0.05, 0) is 63.3 Å². The fourth-order valence-electron chi connectivity index (χ4n) is 4.83.